The van der Waals surface area contributed by atoms with Crippen LogP contribution in [0.5, 0.6) is 0 Å². The normalized spacial score (nSPS) is 39.2. The monoisotopic (exact) mass is 256 g/mol. The number of carbonyl (C=O) groups excluding carboxylic acids is 2. The largest absolute Gasteiger partial charge is 0.362 e. The Hall–Kier alpha value is -2.01. The van der Waals surface area contributed by atoms with E-state index in [-0.39, 0.29) is 23.8 Å². The summed E-state index contributed by atoms with van der Waals surface area (Å²) < 4.78 is 5.76. The number of aromatic nitrogens is 1. The molecule has 4 atom stereocenters. The van der Waals surface area contributed by atoms with Gasteiger partial charge in [0.1, 0.15) is 0 Å². The molecular formula is C14H12N2O3. The molecule has 0 N–H and O–H groups in total. The first-order valence-electron chi connectivity index (χ1n) is 6.27. The number of hydrogen-bond donors (Lipinski definition) is 0. The minimum Gasteiger partial charge on any atom is -0.362 e. The molecule has 2 amide bonds. The molecule has 2 fully saturated rings. The van der Waals surface area contributed by atoms with Gasteiger partial charge in [0, 0.05) is 12.4 Å². The number of amides is 2. The van der Waals surface area contributed by atoms with E-state index < -0.39 is 11.5 Å². The lowest BCUT2D eigenvalue weighted by atomic mass is 9.78. The van der Waals surface area contributed by atoms with Gasteiger partial charge in [-0.05, 0) is 19.1 Å². The second-order valence-electron chi connectivity index (χ2n) is 5.35. The van der Waals surface area contributed by atoms with E-state index in [1.54, 1.807) is 24.5 Å². The maximum Gasteiger partial charge on any atom is 0.241 e. The van der Waals surface area contributed by atoms with Crippen LogP contribution in [0.2, 0.25) is 0 Å². The number of pyridine rings is 1. The van der Waals surface area contributed by atoms with E-state index in [1.807, 2.05) is 19.1 Å². The second kappa shape index (κ2) is 3.30. The van der Waals surface area contributed by atoms with Crippen LogP contribution in [0.4, 0.5) is 5.69 Å². The number of fused-ring (bicyclic) bond motifs is 5. The minimum atomic E-state index is -0.635. The molecule has 3 aliphatic heterocycles. The Morgan fingerprint density at radius 2 is 2.00 bits per heavy atom. The van der Waals surface area contributed by atoms with Crippen molar-refractivity contribution < 1.29 is 14.3 Å². The van der Waals surface area contributed by atoms with Gasteiger partial charge in [-0.15, -0.1) is 0 Å². The Balaban J connectivity index is 1.80. The van der Waals surface area contributed by atoms with Crippen LogP contribution < -0.4 is 4.90 Å². The van der Waals surface area contributed by atoms with Gasteiger partial charge in [-0.25, -0.2) is 4.90 Å². The Morgan fingerprint density at radius 1 is 1.26 bits per heavy atom. The lowest BCUT2D eigenvalue weighted by Gasteiger charge is -2.24. The molecule has 0 aromatic carbocycles. The third kappa shape index (κ3) is 1.20. The molecule has 5 nitrogen and oxygen atoms in total. The molecule has 0 spiro atoms. The zero-order valence-corrected chi connectivity index (χ0v) is 10.3. The first-order valence-corrected chi connectivity index (χ1v) is 6.27. The van der Waals surface area contributed by atoms with Crippen molar-refractivity contribution in [3.8, 4) is 0 Å². The van der Waals surface area contributed by atoms with E-state index >= 15 is 0 Å². The van der Waals surface area contributed by atoms with Crippen LogP contribution in [-0.4, -0.2) is 28.5 Å². The van der Waals surface area contributed by atoms with Crippen molar-refractivity contribution in [1.29, 1.82) is 0 Å². The van der Waals surface area contributed by atoms with E-state index in [4.69, 9.17) is 4.74 Å². The summed E-state index contributed by atoms with van der Waals surface area (Å²) in [4.78, 5) is 30.2. The highest BCUT2D eigenvalue weighted by Crippen LogP contribution is 2.52. The van der Waals surface area contributed by atoms with Gasteiger partial charge in [-0.2, -0.15) is 0 Å². The Labute approximate surface area is 109 Å². The van der Waals surface area contributed by atoms with Crippen LogP contribution in [0.25, 0.3) is 0 Å². The highest BCUT2D eigenvalue weighted by atomic mass is 16.5. The third-order valence-corrected chi connectivity index (χ3v) is 4.25. The number of nitrogens with zero attached hydrogens (tertiary/aromatic N) is 2. The number of carbonyl (C=O) groups is 2. The molecule has 3 aliphatic rings. The fraction of sp³-hybridized carbons (Fsp3) is 0.357. The Morgan fingerprint density at radius 3 is 2.68 bits per heavy atom. The van der Waals surface area contributed by atoms with Gasteiger partial charge in [0.2, 0.25) is 11.8 Å². The molecule has 0 saturated carbocycles. The van der Waals surface area contributed by atoms with Crippen LogP contribution in [0.15, 0.2) is 36.7 Å². The van der Waals surface area contributed by atoms with Crippen LogP contribution in [0.1, 0.15) is 6.92 Å². The van der Waals surface area contributed by atoms with Crippen molar-refractivity contribution in [2.45, 2.75) is 18.6 Å². The minimum absolute atomic E-state index is 0.167. The predicted octanol–water partition coefficient (Wildman–Crippen LogP) is 0.914. The summed E-state index contributed by atoms with van der Waals surface area (Å²) in [6.07, 6.45) is 6.69. The zero-order chi connectivity index (χ0) is 13.2. The van der Waals surface area contributed by atoms with Crippen LogP contribution in [0.3, 0.4) is 0 Å². The van der Waals surface area contributed by atoms with E-state index in [2.05, 4.69) is 4.98 Å². The van der Waals surface area contributed by atoms with E-state index in [1.165, 1.54) is 4.90 Å². The standard InChI is InChI=1S/C14H12N2O3/c1-14-5-2-9(19-14)10-11(14)13(18)16(12(10)17)8-3-6-15-7-4-8/h2-7,9-11H,1H3. The Kier molecular flexibility index (Phi) is 1.89. The molecule has 4 unspecified atom stereocenters. The van der Waals surface area contributed by atoms with Crippen molar-refractivity contribution in [1.82, 2.24) is 4.98 Å². The molecule has 96 valence electrons. The number of hydrogen-bond acceptors (Lipinski definition) is 4. The quantitative estimate of drug-likeness (QED) is 0.553. The number of ether oxygens (including phenoxy) is 1. The molecule has 4 rings (SSSR count). The smallest absolute Gasteiger partial charge is 0.241 e. The highest BCUT2D eigenvalue weighted by Gasteiger charge is 2.65. The summed E-state index contributed by atoms with van der Waals surface area (Å²) in [6, 6.07) is 3.35. The van der Waals surface area contributed by atoms with Crippen LogP contribution in [-0.2, 0) is 14.3 Å². The summed E-state index contributed by atoms with van der Waals surface area (Å²) in [6.45, 7) is 1.87. The van der Waals surface area contributed by atoms with Gasteiger partial charge >= 0.3 is 0 Å². The van der Waals surface area contributed by atoms with Gasteiger partial charge in [0.05, 0.1) is 29.2 Å². The summed E-state index contributed by atoms with van der Waals surface area (Å²) in [5.41, 5.74) is -0.0495. The van der Waals surface area contributed by atoms with Crippen LogP contribution in [0, 0.1) is 11.8 Å². The molecule has 0 aliphatic carbocycles. The zero-order valence-electron chi connectivity index (χ0n) is 10.3. The lowest BCUT2D eigenvalue weighted by Crippen LogP contribution is -2.38. The molecule has 1 aromatic rings. The molecule has 2 saturated heterocycles. The fourth-order valence-corrected chi connectivity index (χ4v) is 3.40. The first kappa shape index (κ1) is 10.9. The van der Waals surface area contributed by atoms with Gasteiger partial charge in [-0.3, -0.25) is 14.6 Å². The summed E-state index contributed by atoms with van der Waals surface area (Å²) in [7, 11) is 0. The third-order valence-electron chi connectivity index (χ3n) is 4.25. The van der Waals surface area contributed by atoms with Gasteiger partial charge in [0.15, 0.2) is 0 Å². The molecule has 2 bridgehead atoms. The van der Waals surface area contributed by atoms with Crippen molar-refractivity contribution >= 4 is 17.5 Å². The maximum atomic E-state index is 12.6. The highest BCUT2D eigenvalue weighted by molar-refractivity contribution is 6.23. The second-order valence-corrected chi connectivity index (χ2v) is 5.35. The molecule has 0 radical (unpaired) electrons. The van der Waals surface area contributed by atoms with Gasteiger partial charge < -0.3 is 4.74 Å². The molecule has 19 heavy (non-hydrogen) atoms. The molecule has 1 aromatic heterocycles. The molecular weight excluding hydrogens is 244 g/mol. The molecule has 4 heterocycles. The average Bonchev–Trinajstić information content (AvgIpc) is 3.00. The topological polar surface area (TPSA) is 59.5 Å². The van der Waals surface area contributed by atoms with E-state index in [0.29, 0.717) is 5.69 Å². The number of imide groups is 1. The maximum absolute atomic E-state index is 12.6. The lowest BCUT2D eigenvalue weighted by molar-refractivity contribution is -0.126. The van der Waals surface area contributed by atoms with Crippen LogP contribution >= 0.6 is 0 Å². The number of rotatable bonds is 1. The summed E-state index contributed by atoms with van der Waals surface area (Å²) in [5.74, 6) is -1.12. The van der Waals surface area contributed by atoms with Crippen molar-refractivity contribution in [2.24, 2.45) is 11.8 Å². The molecule has 5 heteroatoms. The van der Waals surface area contributed by atoms with Crippen molar-refractivity contribution in [3.05, 3.63) is 36.7 Å². The van der Waals surface area contributed by atoms with Crippen molar-refractivity contribution in [2.75, 3.05) is 4.90 Å². The fourth-order valence-electron chi connectivity index (χ4n) is 3.40. The Bertz CT molecular complexity index is 612. The van der Waals surface area contributed by atoms with E-state index in [9.17, 15) is 9.59 Å². The van der Waals surface area contributed by atoms with Gasteiger partial charge in [-0.1, -0.05) is 12.2 Å². The first-order chi connectivity index (χ1) is 9.12. The van der Waals surface area contributed by atoms with E-state index in [0.717, 1.165) is 0 Å². The predicted molar refractivity (Wildman–Crippen MR) is 66.1 cm³/mol. The number of anilines is 1. The summed E-state index contributed by atoms with van der Waals surface area (Å²) in [5, 5.41) is 0. The average molecular weight is 256 g/mol. The summed E-state index contributed by atoms with van der Waals surface area (Å²) >= 11 is 0. The van der Waals surface area contributed by atoms with Crippen molar-refractivity contribution in [3.63, 3.8) is 0 Å². The van der Waals surface area contributed by atoms with Gasteiger partial charge in [0.25, 0.3) is 0 Å². The SMILES string of the molecule is CC12C=CC(O1)C1C(=O)N(c3ccncc3)C(=O)C12.